The molecule has 1 atom stereocenters. The van der Waals surface area contributed by atoms with Crippen molar-refractivity contribution in [3.8, 4) is 0 Å². The van der Waals surface area contributed by atoms with Crippen LogP contribution in [0.2, 0.25) is 0 Å². The van der Waals surface area contributed by atoms with E-state index in [9.17, 15) is 9.18 Å². The minimum atomic E-state index is -0.265. The van der Waals surface area contributed by atoms with Crippen LogP contribution >= 0.6 is 0 Å². The van der Waals surface area contributed by atoms with Gasteiger partial charge in [0.2, 0.25) is 5.91 Å². The monoisotopic (exact) mass is 269 g/mol. The van der Waals surface area contributed by atoms with E-state index in [-0.39, 0.29) is 17.6 Å². The smallest absolute Gasteiger partial charge is 0.225 e. The van der Waals surface area contributed by atoms with Gasteiger partial charge in [-0.3, -0.25) is 4.79 Å². The maximum absolute atomic E-state index is 13.4. The van der Waals surface area contributed by atoms with E-state index in [0.717, 1.165) is 22.4 Å². The van der Waals surface area contributed by atoms with Gasteiger partial charge in [-0.2, -0.15) is 0 Å². The molecule has 1 heterocycles. The number of anilines is 1. The standard InChI is InChI=1S/C17H16FNO/c1-10-6-15-14(12-4-3-5-13(18)8-12)9-17(20)19-16(15)7-11(10)2/h3-8,14H,9H2,1-2H3,(H,19,20)/t14-/m0/s1. The Morgan fingerprint density at radius 2 is 1.90 bits per heavy atom. The van der Waals surface area contributed by atoms with Gasteiger partial charge in [0, 0.05) is 18.0 Å². The van der Waals surface area contributed by atoms with Crippen LogP contribution in [0.1, 0.15) is 34.6 Å². The molecule has 102 valence electrons. The summed E-state index contributed by atoms with van der Waals surface area (Å²) in [6.45, 7) is 4.07. The van der Waals surface area contributed by atoms with E-state index in [4.69, 9.17) is 0 Å². The molecule has 0 aliphatic carbocycles. The predicted octanol–water partition coefficient (Wildman–Crippen LogP) is 3.92. The first kappa shape index (κ1) is 12.9. The first-order chi connectivity index (χ1) is 9.54. The zero-order chi connectivity index (χ0) is 14.3. The van der Waals surface area contributed by atoms with E-state index in [1.165, 1.54) is 17.7 Å². The van der Waals surface area contributed by atoms with E-state index in [2.05, 4.69) is 18.3 Å². The van der Waals surface area contributed by atoms with Crippen molar-refractivity contribution in [3.05, 3.63) is 64.5 Å². The van der Waals surface area contributed by atoms with Crippen LogP contribution in [-0.2, 0) is 4.79 Å². The van der Waals surface area contributed by atoms with Gasteiger partial charge in [-0.15, -0.1) is 0 Å². The van der Waals surface area contributed by atoms with Gasteiger partial charge in [-0.05, 0) is 54.3 Å². The molecule has 1 N–H and O–H groups in total. The molecule has 0 fully saturated rings. The van der Waals surface area contributed by atoms with Gasteiger partial charge < -0.3 is 5.32 Å². The zero-order valence-corrected chi connectivity index (χ0v) is 11.5. The molecule has 2 aromatic carbocycles. The van der Waals surface area contributed by atoms with Gasteiger partial charge in [0.15, 0.2) is 0 Å². The number of carbonyl (C=O) groups excluding carboxylic acids is 1. The van der Waals surface area contributed by atoms with E-state index >= 15 is 0 Å². The molecule has 2 aromatic rings. The lowest BCUT2D eigenvalue weighted by molar-refractivity contribution is -0.116. The number of hydrogen-bond donors (Lipinski definition) is 1. The van der Waals surface area contributed by atoms with Crippen molar-refractivity contribution in [2.75, 3.05) is 5.32 Å². The number of rotatable bonds is 1. The summed E-state index contributed by atoms with van der Waals surface area (Å²) in [6, 6.07) is 10.6. The highest BCUT2D eigenvalue weighted by Crippen LogP contribution is 2.38. The molecule has 1 amide bonds. The van der Waals surface area contributed by atoms with Crippen LogP contribution in [0.15, 0.2) is 36.4 Å². The average molecular weight is 269 g/mol. The summed E-state index contributed by atoms with van der Waals surface area (Å²) >= 11 is 0. The molecule has 0 saturated carbocycles. The van der Waals surface area contributed by atoms with Gasteiger partial charge in [-0.1, -0.05) is 18.2 Å². The first-order valence-electron chi connectivity index (χ1n) is 6.71. The lowest BCUT2D eigenvalue weighted by Crippen LogP contribution is -2.23. The number of hydrogen-bond acceptors (Lipinski definition) is 1. The Kier molecular flexibility index (Phi) is 3.05. The molecule has 0 spiro atoms. The molecule has 3 rings (SSSR count). The van der Waals surface area contributed by atoms with Crippen LogP contribution in [0.25, 0.3) is 0 Å². The zero-order valence-electron chi connectivity index (χ0n) is 11.5. The number of nitrogens with one attached hydrogen (secondary N) is 1. The molecule has 0 radical (unpaired) electrons. The molecular formula is C17H16FNO. The van der Waals surface area contributed by atoms with Gasteiger partial charge in [0.05, 0.1) is 0 Å². The topological polar surface area (TPSA) is 29.1 Å². The van der Waals surface area contributed by atoms with E-state index in [1.807, 2.05) is 19.1 Å². The van der Waals surface area contributed by atoms with Crippen molar-refractivity contribution in [3.63, 3.8) is 0 Å². The minimum Gasteiger partial charge on any atom is -0.326 e. The Bertz CT molecular complexity index is 693. The van der Waals surface area contributed by atoms with Crippen molar-refractivity contribution in [2.45, 2.75) is 26.2 Å². The summed E-state index contributed by atoms with van der Waals surface area (Å²) in [5, 5.41) is 2.91. The third-order valence-corrected chi connectivity index (χ3v) is 3.96. The number of amides is 1. The molecular weight excluding hydrogens is 253 g/mol. The Labute approximate surface area is 117 Å². The second-order valence-corrected chi connectivity index (χ2v) is 5.38. The lowest BCUT2D eigenvalue weighted by atomic mass is 9.83. The van der Waals surface area contributed by atoms with Crippen LogP contribution < -0.4 is 5.32 Å². The molecule has 0 saturated heterocycles. The van der Waals surface area contributed by atoms with Crippen LogP contribution in [0.5, 0.6) is 0 Å². The van der Waals surface area contributed by atoms with Crippen molar-refractivity contribution in [1.82, 2.24) is 0 Å². The lowest BCUT2D eigenvalue weighted by Gasteiger charge is -2.27. The number of aryl methyl sites for hydroxylation is 2. The molecule has 1 aliphatic heterocycles. The van der Waals surface area contributed by atoms with E-state index in [0.29, 0.717) is 6.42 Å². The molecule has 0 unspecified atom stereocenters. The number of benzene rings is 2. The fraction of sp³-hybridized carbons (Fsp3) is 0.235. The fourth-order valence-electron chi connectivity index (χ4n) is 2.75. The second-order valence-electron chi connectivity index (χ2n) is 5.38. The molecule has 0 aromatic heterocycles. The highest BCUT2D eigenvalue weighted by Gasteiger charge is 2.27. The summed E-state index contributed by atoms with van der Waals surface area (Å²) in [7, 11) is 0. The summed E-state index contributed by atoms with van der Waals surface area (Å²) < 4.78 is 13.4. The maximum Gasteiger partial charge on any atom is 0.225 e. The second kappa shape index (κ2) is 4.75. The van der Waals surface area contributed by atoms with Crippen LogP contribution in [0, 0.1) is 19.7 Å². The number of carbonyl (C=O) groups is 1. The fourth-order valence-corrected chi connectivity index (χ4v) is 2.75. The van der Waals surface area contributed by atoms with Gasteiger partial charge in [-0.25, -0.2) is 4.39 Å². The SMILES string of the molecule is Cc1cc2c(cc1C)[C@H](c1cccc(F)c1)CC(=O)N2. The normalized spacial score (nSPS) is 17.6. The van der Waals surface area contributed by atoms with Crippen LogP contribution in [0.3, 0.4) is 0 Å². The van der Waals surface area contributed by atoms with E-state index < -0.39 is 0 Å². The van der Waals surface area contributed by atoms with Crippen LogP contribution in [0.4, 0.5) is 10.1 Å². The summed E-state index contributed by atoms with van der Waals surface area (Å²) in [5.74, 6) is -0.359. The quantitative estimate of drug-likeness (QED) is 0.835. The van der Waals surface area contributed by atoms with Crippen molar-refractivity contribution in [1.29, 1.82) is 0 Å². The first-order valence-corrected chi connectivity index (χ1v) is 6.71. The van der Waals surface area contributed by atoms with Gasteiger partial charge >= 0.3 is 0 Å². The van der Waals surface area contributed by atoms with E-state index in [1.54, 1.807) is 6.07 Å². The molecule has 3 heteroatoms. The summed E-state index contributed by atoms with van der Waals surface area (Å²) in [4.78, 5) is 11.9. The van der Waals surface area contributed by atoms with Gasteiger partial charge in [0.25, 0.3) is 0 Å². The van der Waals surface area contributed by atoms with Gasteiger partial charge in [0.1, 0.15) is 5.82 Å². The third-order valence-electron chi connectivity index (χ3n) is 3.96. The number of fused-ring (bicyclic) bond motifs is 1. The average Bonchev–Trinajstić information content (AvgIpc) is 2.40. The molecule has 20 heavy (non-hydrogen) atoms. The maximum atomic E-state index is 13.4. The Morgan fingerprint density at radius 1 is 1.15 bits per heavy atom. The van der Waals surface area contributed by atoms with Crippen molar-refractivity contribution < 1.29 is 9.18 Å². The van der Waals surface area contributed by atoms with Crippen LogP contribution in [-0.4, -0.2) is 5.91 Å². The Hall–Kier alpha value is -2.16. The Balaban J connectivity index is 2.14. The molecule has 1 aliphatic rings. The Morgan fingerprint density at radius 3 is 2.65 bits per heavy atom. The largest absolute Gasteiger partial charge is 0.326 e. The van der Waals surface area contributed by atoms with Crippen molar-refractivity contribution in [2.24, 2.45) is 0 Å². The summed E-state index contributed by atoms with van der Waals surface area (Å²) in [5.41, 5.74) is 5.09. The highest BCUT2D eigenvalue weighted by molar-refractivity contribution is 5.95. The minimum absolute atomic E-state index is 0.0185. The number of halogens is 1. The van der Waals surface area contributed by atoms with Crippen molar-refractivity contribution >= 4 is 11.6 Å². The molecule has 0 bridgehead atoms. The third kappa shape index (κ3) is 2.20. The highest BCUT2D eigenvalue weighted by atomic mass is 19.1. The molecule has 2 nitrogen and oxygen atoms in total. The summed E-state index contributed by atoms with van der Waals surface area (Å²) in [6.07, 6.45) is 0.360. The predicted molar refractivity (Wildman–Crippen MR) is 77.4 cm³/mol.